The van der Waals surface area contributed by atoms with E-state index in [1.165, 1.54) is 38.1 Å². The molecule has 36 heavy (non-hydrogen) atoms. The third-order valence-corrected chi connectivity index (χ3v) is 6.27. The third-order valence-electron chi connectivity index (χ3n) is 4.93. The number of thioether (sulfide) groups is 1. The Kier molecular flexibility index (Phi) is 8.58. The van der Waals surface area contributed by atoms with Crippen LogP contribution in [-0.2, 0) is 38.2 Å². The molecule has 3 rings (SSSR count). The number of hydrogen-bond donors (Lipinski definition) is 2. The molecule has 1 aromatic heterocycles. The Morgan fingerprint density at radius 1 is 1.33 bits per heavy atom. The molecule has 3 amide bonds. The second kappa shape index (κ2) is 11.6. The summed E-state index contributed by atoms with van der Waals surface area (Å²) in [4.78, 5) is 67.3. The zero-order chi connectivity index (χ0) is 26.4. The molecule has 0 aromatic carbocycles. The second-order valence-corrected chi connectivity index (χ2v) is 8.44. The first-order valence-electron chi connectivity index (χ1n) is 10.6. The average molecular weight is 525 g/mol. The summed E-state index contributed by atoms with van der Waals surface area (Å²) in [5.41, 5.74) is 4.91. The molecule has 1 saturated heterocycles. The highest BCUT2D eigenvalue weighted by atomic mass is 32.2. The number of amides is 3. The molecule has 15 heteroatoms. The lowest BCUT2D eigenvalue weighted by molar-refractivity contribution is -0.184. The number of carbonyl (C=O) groups excluding carboxylic acids is 5. The number of nitrogens with one attached hydrogen (secondary N) is 1. The first-order chi connectivity index (χ1) is 17.2. The van der Waals surface area contributed by atoms with Crippen LogP contribution in [0.1, 0.15) is 26.0 Å². The predicted molar refractivity (Wildman–Crippen MR) is 122 cm³/mol. The molecule has 0 aliphatic carbocycles. The molecule has 0 spiro atoms. The van der Waals surface area contributed by atoms with Crippen LogP contribution in [0.5, 0.6) is 0 Å². The van der Waals surface area contributed by atoms with Crippen molar-refractivity contribution in [1.82, 2.24) is 10.2 Å². The molecule has 3 atom stereocenters. The van der Waals surface area contributed by atoms with Crippen molar-refractivity contribution in [1.29, 1.82) is 0 Å². The summed E-state index contributed by atoms with van der Waals surface area (Å²) in [5, 5.41) is 5.54. The molecular formula is C21H24N4O10S. The highest BCUT2D eigenvalue weighted by Crippen LogP contribution is 2.41. The minimum Gasteiger partial charge on any atom is -0.462 e. The Morgan fingerprint density at radius 2 is 2.08 bits per heavy atom. The fourth-order valence-corrected chi connectivity index (χ4v) is 4.68. The van der Waals surface area contributed by atoms with E-state index >= 15 is 0 Å². The summed E-state index contributed by atoms with van der Waals surface area (Å²) < 4.78 is 20.1. The van der Waals surface area contributed by atoms with Crippen molar-refractivity contribution in [2.24, 2.45) is 10.9 Å². The van der Waals surface area contributed by atoms with Gasteiger partial charge in [0.1, 0.15) is 30.8 Å². The van der Waals surface area contributed by atoms with E-state index in [0.29, 0.717) is 0 Å². The van der Waals surface area contributed by atoms with Crippen LogP contribution in [0, 0.1) is 0 Å². The van der Waals surface area contributed by atoms with Gasteiger partial charge in [-0.25, -0.2) is 9.59 Å². The molecule has 3 N–H and O–H groups in total. The van der Waals surface area contributed by atoms with Crippen molar-refractivity contribution in [3.63, 3.8) is 0 Å². The molecular weight excluding hydrogens is 500 g/mol. The number of β-lactam (4-membered cyclic amide) rings is 1. The number of nitrogens with two attached hydrogens (primary N) is 1. The summed E-state index contributed by atoms with van der Waals surface area (Å²) in [7, 11) is 1.25. The van der Waals surface area contributed by atoms with Gasteiger partial charge in [0.25, 0.3) is 11.8 Å². The summed E-state index contributed by atoms with van der Waals surface area (Å²) in [5.74, 6) is -2.65. The number of carbonyl (C=O) groups is 5. The van der Waals surface area contributed by atoms with Crippen molar-refractivity contribution in [2.45, 2.75) is 38.0 Å². The minimum atomic E-state index is -1.24. The van der Waals surface area contributed by atoms with Crippen LogP contribution in [0.3, 0.4) is 0 Å². The largest absolute Gasteiger partial charge is 0.462 e. The molecule has 1 unspecified atom stereocenters. The number of primary amides is 1. The Balaban J connectivity index is 1.79. The second-order valence-electron chi connectivity index (χ2n) is 7.34. The van der Waals surface area contributed by atoms with Crippen LogP contribution in [-0.4, -0.2) is 77.6 Å². The number of esters is 2. The van der Waals surface area contributed by atoms with E-state index in [1.807, 2.05) is 0 Å². The van der Waals surface area contributed by atoms with E-state index in [-0.39, 0.29) is 41.5 Å². The molecule has 14 nitrogen and oxygen atoms in total. The van der Waals surface area contributed by atoms with Crippen LogP contribution in [0.25, 0.3) is 0 Å². The van der Waals surface area contributed by atoms with Crippen molar-refractivity contribution < 1.29 is 47.4 Å². The summed E-state index contributed by atoms with van der Waals surface area (Å²) in [6.45, 7) is 2.54. The number of oxime groups is 1. The zero-order valence-corrected chi connectivity index (χ0v) is 20.4. The molecule has 0 saturated carbocycles. The van der Waals surface area contributed by atoms with Crippen molar-refractivity contribution in [2.75, 3.05) is 19.5 Å². The van der Waals surface area contributed by atoms with Crippen molar-refractivity contribution in [3.8, 4) is 0 Å². The van der Waals surface area contributed by atoms with Gasteiger partial charge in [-0.2, -0.15) is 0 Å². The van der Waals surface area contributed by atoms with Crippen LogP contribution in [0.2, 0.25) is 0 Å². The van der Waals surface area contributed by atoms with Gasteiger partial charge in [-0.15, -0.1) is 11.8 Å². The fraction of sp³-hybridized carbons (Fsp3) is 0.429. The number of furan rings is 1. The highest BCUT2D eigenvalue weighted by Gasteiger charge is 2.55. The van der Waals surface area contributed by atoms with Gasteiger partial charge in [0.2, 0.25) is 12.0 Å². The molecule has 3 heterocycles. The molecule has 2 aliphatic rings. The SMILES string of the molecule is CCC(=O)OC(C)OC(=O)C1=C(COC(N)=O)CS[C@@H]2[C@H](NC(=O)/C(=N\OC)c3ccco3)C(=O)N12. The topological polar surface area (TPSA) is 189 Å². The van der Waals surface area contributed by atoms with Gasteiger partial charge in [-0.05, 0) is 12.1 Å². The monoisotopic (exact) mass is 524 g/mol. The van der Waals surface area contributed by atoms with Crippen LogP contribution in [0.15, 0.2) is 39.2 Å². The Bertz CT molecular complexity index is 1100. The maximum Gasteiger partial charge on any atom is 0.404 e. The number of fused-ring (bicyclic) bond motifs is 1. The Morgan fingerprint density at radius 3 is 2.69 bits per heavy atom. The normalized spacial score (nSPS) is 20.0. The minimum absolute atomic E-state index is 0.0688. The van der Waals surface area contributed by atoms with Gasteiger partial charge in [0.15, 0.2) is 5.76 Å². The van der Waals surface area contributed by atoms with Gasteiger partial charge in [0.05, 0.1) is 6.26 Å². The predicted octanol–water partition coefficient (Wildman–Crippen LogP) is 0.222. The number of rotatable bonds is 10. The maximum absolute atomic E-state index is 13.1. The van der Waals surface area contributed by atoms with E-state index in [9.17, 15) is 24.0 Å². The van der Waals surface area contributed by atoms with Gasteiger partial charge < -0.3 is 34.5 Å². The lowest BCUT2D eigenvalue weighted by atomic mass is 10.0. The average Bonchev–Trinajstić information content (AvgIpc) is 3.37. The quantitative estimate of drug-likeness (QED) is 0.140. The lowest BCUT2D eigenvalue weighted by Crippen LogP contribution is -2.71. The van der Waals surface area contributed by atoms with Gasteiger partial charge >= 0.3 is 18.0 Å². The van der Waals surface area contributed by atoms with E-state index in [2.05, 4.69) is 10.5 Å². The number of nitrogens with zero attached hydrogens (tertiary/aromatic N) is 2. The van der Waals surface area contributed by atoms with E-state index in [0.717, 1.165) is 4.90 Å². The van der Waals surface area contributed by atoms with Crippen molar-refractivity contribution >= 4 is 47.3 Å². The van der Waals surface area contributed by atoms with Crippen LogP contribution in [0.4, 0.5) is 4.79 Å². The number of hydrogen-bond acceptors (Lipinski definition) is 12. The summed E-state index contributed by atoms with van der Waals surface area (Å²) in [6, 6.07) is 2.03. The van der Waals surface area contributed by atoms with Crippen LogP contribution < -0.4 is 11.1 Å². The molecule has 194 valence electrons. The van der Waals surface area contributed by atoms with Crippen LogP contribution >= 0.6 is 11.8 Å². The molecule has 1 aromatic rings. The molecule has 0 radical (unpaired) electrons. The lowest BCUT2D eigenvalue weighted by Gasteiger charge is -2.49. The van der Waals surface area contributed by atoms with Crippen molar-refractivity contribution in [3.05, 3.63) is 35.4 Å². The van der Waals surface area contributed by atoms with E-state index < -0.39 is 47.6 Å². The van der Waals surface area contributed by atoms with Gasteiger partial charge in [-0.1, -0.05) is 12.1 Å². The van der Waals surface area contributed by atoms with Gasteiger partial charge in [0, 0.05) is 24.7 Å². The Hall–Kier alpha value is -4.01. The fourth-order valence-electron chi connectivity index (χ4n) is 3.35. The molecule has 2 aliphatic heterocycles. The summed E-state index contributed by atoms with van der Waals surface area (Å²) >= 11 is 1.22. The molecule has 1 fully saturated rings. The zero-order valence-electron chi connectivity index (χ0n) is 19.5. The van der Waals surface area contributed by atoms with E-state index in [1.54, 1.807) is 13.0 Å². The third kappa shape index (κ3) is 5.79. The number of ether oxygens (including phenoxy) is 3. The smallest absolute Gasteiger partial charge is 0.404 e. The summed E-state index contributed by atoms with van der Waals surface area (Å²) in [6.07, 6.45) is -0.898. The van der Waals surface area contributed by atoms with E-state index in [4.69, 9.17) is 29.2 Å². The molecule has 0 bridgehead atoms. The first kappa shape index (κ1) is 26.6. The van der Waals surface area contributed by atoms with Gasteiger partial charge in [-0.3, -0.25) is 19.3 Å². The highest BCUT2D eigenvalue weighted by molar-refractivity contribution is 8.00. The first-order valence-corrected chi connectivity index (χ1v) is 11.7. The maximum atomic E-state index is 13.1. The Labute approximate surface area is 209 Å². The standard InChI is InChI=1S/C21H24N4O10S/c1-4-13(26)34-10(2)35-20(29)16-11(8-33-21(22)30)9-36-19-15(18(28)25(16)19)23-17(27)14(24-31-3)12-6-5-7-32-12/h5-7,10,15,19H,4,8-9H2,1-3H3,(H2,22,30)(H,23,27)/b24-14-/t10?,15-,19-/m1/s1.